The lowest BCUT2D eigenvalue weighted by Gasteiger charge is -2.40. The van der Waals surface area contributed by atoms with Crippen LogP contribution >= 0.6 is 11.8 Å². The van der Waals surface area contributed by atoms with Crippen LogP contribution in [0, 0.1) is 12.8 Å². The normalized spacial score (nSPS) is 30.7. The molecule has 3 rings (SSSR count). The summed E-state index contributed by atoms with van der Waals surface area (Å²) in [4.78, 5) is 0. The smallest absolute Gasteiger partial charge is 0.0783 e. The fourth-order valence-electron chi connectivity index (χ4n) is 3.74. The maximum absolute atomic E-state index is 6.53. The molecule has 2 N–H and O–H groups in total. The van der Waals surface area contributed by atoms with Gasteiger partial charge >= 0.3 is 0 Å². The van der Waals surface area contributed by atoms with Crippen LogP contribution in [-0.2, 0) is 11.2 Å². The molecule has 0 amide bonds. The first-order chi connectivity index (χ1) is 10.2. The van der Waals surface area contributed by atoms with Crippen molar-refractivity contribution in [3.8, 4) is 0 Å². The molecule has 0 bridgehead atoms. The van der Waals surface area contributed by atoms with Gasteiger partial charge < -0.3 is 10.5 Å². The number of benzene rings is 1. The van der Waals surface area contributed by atoms with Crippen molar-refractivity contribution in [2.24, 2.45) is 11.7 Å². The standard InChI is InChI=1S/C18H27NOS/c1-14-4-2-3-5-15(14)6-7-17(19)16-8-10-20-18(12-16)9-11-21-13-18/h2-5,16-17H,6-13,19H2,1H3. The molecule has 3 heteroatoms. The Balaban J connectivity index is 1.55. The molecule has 2 aliphatic rings. The lowest BCUT2D eigenvalue weighted by molar-refractivity contribution is -0.0834. The second-order valence-corrected chi connectivity index (χ2v) is 7.82. The fourth-order valence-corrected chi connectivity index (χ4v) is 5.12. The monoisotopic (exact) mass is 305 g/mol. The lowest BCUT2D eigenvalue weighted by atomic mass is 9.80. The Morgan fingerprint density at radius 2 is 2.29 bits per heavy atom. The predicted molar refractivity (Wildman–Crippen MR) is 90.8 cm³/mol. The van der Waals surface area contributed by atoms with Crippen LogP contribution in [0.25, 0.3) is 0 Å². The van der Waals surface area contributed by atoms with E-state index in [1.165, 1.54) is 35.5 Å². The zero-order valence-electron chi connectivity index (χ0n) is 13.0. The molecular weight excluding hydrogens is 278 g/mol. The molecule has 2 heterocycles. The molecular formula is C18H27NOS. The van der Waals surface area contributed by atoms with Crippen molar-refractivity contribution in [3.05, 3.63) is 35.4 Å². The lowest BCUT2D eigenvalue weighted by Crippen LogP contribution is -2.45. The summed E-state index contributed by atoms with van der Waals surface area (Å²) in [7, 11) is 0. The average molecular weight is 305 g/mol. The quantitative estimate of drug-likeness (QED) is 0.924. The Bertz CT molecular complexity index is 470. The van der Waals surface area contributed by atoms with Gasteiger partial charge in [-0.2, -0.15) is 11.8 Å². The summed E-state index contributed by atoms with van der Waals surface area (Å²) in [6.45, 7) is 3.10. The van der Waals surface area contributed by atoms with E-state index < -0.39 is 0 Å². The third-order valence-electron chi connectivity index (χ3n) is 5.21. The van der Waals surface area contributed by atoms with Crippen LogP contribution in [0.2, 0.25) is 0 Å². The van der Waals surface area contributed by atoms with Crippen molar-refractivity contribution in [3.63, 3.8) is 0 Å². The van der Waals surface area contributed by atoms with Gasteiger partial charge in [0.25, 0.3) is 0 Å². The van der Waals surface area contributed by atoms with Gasteiger partial charge in [0.05, 0.1) is 5.60 Å². The Labute approximate surface area is 132 Å². The summed E-state index contributed by atoms with van der Waals surface area (Å²) in [5.41, 5.74) is 9.53. The van der Waals surface area contributed by atoms with Gasteiger partial charge in [-0.1, -0.05) is 24.3 Å². The van der Waals surface area contributed by atoms with Gasteiger partial charge in [-0.25, -0.2) is 0 Å². The van der Waals surface area contributed by atoms with Gasteiger partial charge in [0.15, 0.2) is 0 Å². The first-order valence-corrected chi connectivity index (χ1v) is 9.36. The van der Waals surface area contributed by atoms with E-state index in [-0.39, 0.29) is 5.60 Å². The maximum Gasteiger partial charge on any atom is 0.0783 e. The summed E-state index contributed by atoms with van der Waals surface area (Å²) in [6.07, 6.45) is 5.74. The summed E-state index contributed by atoms with van der Waals surface area (Å²) in [6, 6.07) is 8.99. The van der Waals surface area contributed by atoms with Gasteiger partial charge in [0.1, 0.15) is 0 Å². The molecule has 0 radical (unpaired) electrons. The minimum atomic E-state index is 0.161. The largest absolute Gasteiger partial charge is 0.374 e. The molecule has 0 aromatic heterocycles. The molecule has 1 aromatic rings. The molecule has 1 aromatic carbocycles. The zero-order chi connectivity index (χ0) is 14.7. The second kappa shape index (κ2) is 6.72. The Hall–Kier alpha value is -0.510. The molecule has 2 fully saturated rings. The third kappa shape index (κ3) is 3.64. The molecule has 3 atom stereocenters. The van der Waals surface area contributed by atoms with Gasteiger partial charge in [-0.3, -0.25) is 0 Å². The zero-order valence-corrected chi connectivity index (χ0v) is 13.8. The van der Waals surface area contributed by atoms with E-state index in [9.17, 15) is 0 Å². The highest BCUT2D eigenvalue weighted by atomic mass is 32.2. The molecule has 1 spiro atoms. The van der Waals surface area contributed by atoms with Crippen LogP contribution in [0.5, 0.6) is 0 Å². The number of nitrogens with two attached hydrogens (primary N) is 1. The number of ether oxygens (including phenoxy) is 1. The van der Waals surface area contributed by atoms with Crippen LogP contribution in [0.3, 0.4) is 0 Å². The molecule has 2 nitrogen and oxygen atoms in total. The van der Waals surface area contributed by atoms with Crippen molar-refractivity contribution in [1.29, 1.82) is 0 Å². The predicted octanol–water partition coefficient (Wildman–Crippen LogP) is 3.56. The van der Waals surface area contributed by atoms with Crippen molar-refractivity contribution < 1.29 is 4.74 Å². The highest BCUT2D eigenvalue weighted by molar-refractivity contribution is 7.99. The fraction of sp³-hybridized carbons (Fsp3) is 0.667. The molecule has 2 aliphatic heterocycles. The Kier molecular flexibility index (Phi) is 4.92. The van der Waals surface area contributed by atoms with Crippen LogP contribution in [0.4, 0.5) is 0 Å². The SMILES string of the molecule is Cc1ccccc1CCC(N)C1CCOC2(CCSC2)C1. The van der Waals surface area contributed by atoms with E-state index >= 15 is 0 Å². The van der Waals surface area contributed by atoms with Crippen LogP contribution < -0.4 is 5.73 Å². The Morgan fingerprint density at radius 1 is 1.43 bits per heavy atom. The highest BCUT2D eigenvalue weighted by Gasteiger charge is 2.41. The first kappa shape index (κ1) is 15.4. The summed E-state index contributed by atoms with van der Waals surface area (Å²) in [5, 5.41) is 0. The van der Waals surface area contributed by atoms with Crippen molar-refractivity contribution in [2.45, 2.75) is 50.7 Å². The first-order valence-electron chi connectivity index (χ1n) is 8.20. The van der Waals surface area contributed by atoms with Crippen LogP contribution in [0.1, 0.15) is 36.8 Å². The molecule has 21 heavy (non-hydrogen) atoms. The van der Waals surface area contributed by atoms with Crippen molar-refractivity contribution in [1.82, 2.24) is 0 Å². The summed E-state index contributed by atoms with van der Waals surface area (Å²) >= 11 is 2.04. The summed E-state index contributed by atoms with van der Waals surface area (Å²) in [5.74, 6) is 3.07. The average Bonchev–Trinajstić information content (AvgIpc) is 2.94. The van der Waals surface area contributed by atoms with Crippen molar-refractivity contribution in [2.75, 3.05) is 18.1 Å². The van der Waals surface area contributed by atoms with Gasteiger partial charge in [-0.15, -0.1) is 0 Å². The van der Waals surface area contributed by atoms with E-state index in [2.05, 4.69) is 31.2 Å². The number of hydrogen-bond acceptors (Lipinski definition) is 3. The van der Waals surface area contributed by atoms with E-state index in [0.717, 1.165) is 25.9 Å². The maximum atomic E-state index is 6.53. The van der Waals surface area contributed by atoms with E-state index in [1.54, 1.807) is 0 Å². The highest BCUT2D eigenvalue weighted by Crippen LogP contribution is 2.41. The Morgan fingerprint density at radius 3 is 3.05 bits per heavy atom. The third-order valence-corrected chi connectivity index (χ3v) is 6.43. The second-order valence-electron chi connectivity index (χ2n) is 6.72. The van der Waals surface area contributed by atoms with E-state index in [1.807, 2.05) is 11.8 Å². The summed E-state index contributed by atoms with van der Waals surface area (Å²) < 4.78 is 6.11. The van der Waals surface area contributed by atoms with Crippen LogP contribution in [-0.4, -0.2) is 29.8 Å². The number of thioether (sulfide) groups is 1. The van der Waals surface area contributed by atoms with E-state index in [0.29, 0.717) is 12.0 Å². The van der Waals surface area contributed by atoms with Crippen LogP contribution in [0.15, 0.2) is 24.3 Å². The van der Waals surface area contributed by atoms with Gasteiger partial charge in [0, 0.05) is 18.4 Å². The van der Waals surface area contributed by atoms with Crippen molar-refractivity contribution >= 4 is 11.8 Å². The number of aryl methyl sites for hydroxylation is 2. The minimum absolute atomic E-state index is 0.161. The van der Waals surface area contributed by atoms with E-state index in [4.69, 9.17) is 10.5 Å². The number of rotatable bonds is 4. The van der Waals surface area contributed by atoms with Gasteiger partial charge in [0.2, 0.25) is 0 Å². The topological polar surface area (TPSA) is 35.2 Å². The molecule has 2 saturated heterocycles. The molecule has 0 aliphatic carbocycles. The molecule has 116 valence electrons. The minimum Gasteiger partial charge on any atom is -0.374 e. The molecule has 3 unspecified atom stereocenters. The number of hydrogen-bond donors (Lipinski definition) is 1. The molecule has 0 saturated carbocycles. The van der Waals surface area contributed by atoms with Gasteiger partial charge in [-0.05, 0) is 61.8 Å².